The van der Waals surface area contributed by atoms with E-state index < -0.39 is 0 Å². The van der Waals surface area contributed by atoms with Gasteiger partial charge in [-0.1, -0.05) is 0 Å². The number of nitrogens with two attached hydrogens (primary N) is 1. The van der Waals surface area contributed by atoms with Crippen LogP contribution in [0, 0.1) is 0 Å². The fraction of sp³-hybridized carbons (Fsp3) is 0.533. The number of aliphatic hydroxyl groups excluding tert-OH is 1. The third-order valence-corrected chi connectivity index (χ3v) is 3.04. The van der Waals surface area contributed by atoms with Crippen LogP contribution in [0.4, 0.5) is 5.69 Å². The lowest BCUT2D eigenvalue weighted by atomic mass is 10.1. The molecular formula is C15H25N3O3. The van der Waals surface area contributed by atoms with Crippen LogP contribution in [0.2, 0.25) is 0 Å². The lowest BCUT2D eigenvalue weighted by Gasteiger charge is -2.19. The Kier molecular flexibility index (Phi) is 8.42. The molecule has 6 heteroatoms. The highest BCUT2D eigenvalue weighted by molar-refractivity contribution is 5.94. The summed E-state index contributed by atoms with van der Waals surface area (Å²) < 4.78 is 5.19. The van der Waals surface area contributed by atoms with Crippen molar-refractivity contribution in [1.29, 1.82) is 0 Å². The van der Waals surface area contributed by atoms with E-state index >= 15 is 0 Å². The summed E-state index contributed by atoms with van der Waals surface area (Å²) in [6.45, 7) is 1.46. The first-order valence-corrected chi connectivity index (χ1v) is 7.16. The van der Waals surface area contributed by atoms with Crippen molar-refractivity contribution in [2.75, 3.05) is 38.7 Å². The Balaban J connectivity index is 2.57. The third kappa shape index (κ3) is 6.57. The molecule has 118 valence electrons. The minimum atomic E-state index is -0.188. The summed E-state index contributed by atoms with van der Waals surface area (Å²) in [5.41, 5.74) is 7.04. The van der Waals surface area contributed by atoms with Crippen molar-refractivity contribution in [2.45, 2.75) is 18.9 Å². The van der Waals surface area contributed by atoms with Crippen molar-refractivity contribution in [3.63, 3.8) is 0 Å². The minimum Gasteiger partial charge on any atom is -0.395 e. The SMILES string of the molecule is COCC(CCCN)Nc1ccc(C(=O)NCCO)cc1. The van der Waals surface area contributed by atoms with Gasteiger partial charge in [-0.25, -0.2) is 0 Å². The van der Waals surface area contributed by atoms with Gasteiger partial charge in [-0.2, -0.15) is 0 Å². The normalized spacial score (nSPS) is 12.0. The molecule has 1 unspecified atom stereocenters. The highest BCUT2D eigenvalue weighted by Crippen LogP contribution is 2.13. The number of anilines is 1. The van der Waals surface area contributed by atoms with E-state index in [1.165, 1.54) is 0 Å². The maximum absolute atomic E-state index is 11.7. The van der Waals surface area contributed by atoms with E-state index in [1.54, 1.807) is 19.2 Å². The maximum atomic E-state index is 11.7. The second kappa shape index (κ2) is 10.1. The predicted molar refractivity (Wildman–Crippen MR) is 83.4 cm³/mol. The average molecular weight is 295 g/mol. The molecule has 0 saturated carbocycles. The van der Waals surface area contributed by atoms with Gasteiger partial charge in [-0.3, -0.25) is 4.79 Å². The van der Waals surface area contributed by atoms with Gasteiger partial charge < -0.3 is 26.2 Å². The van der Waals surface area contributed by atoms with Gasteiger partial charge in [0, 0.05) is 30.9 Å². The highest BCUT2D eigenvalue weighted by atomic mass is 16.5. The molecule has 1 aromatic rings. The number of ether oxygens (including phenoxy) is 1. The molecule has 1 atom stereocenters. The summed E-state index contributed by atoms with van der Waals surface area (Å²) >= 11 is 0. The fourth-order valence-electron chi connectivity index (χ4n) is 1.99. The summed E-state index contributed by atoms with van der Waals surface area (Å²) in [7, 11) is 1.67. The molecular weight excluding hydrogens is 270 g/mol. The van der Waals surface area contributed by atoms with Crippen LogP contribution in [0.3, 0.4) is 0 Å². The molecule has 0 aromatic heterocycles. The molecule has 0 aliphatic rings. The zero-order chi connectivity index (χ0) is 15.5. The second-order valence-corrected chi connectivity index (χ2v) is 4.78. The van der Waals surface area contributed by atoms with Crippen LogP contribution in [0.15, 0.2) is 24.3 Å². The molecule has 21 heavy (non-hydrogen) atoms. The van der Waals surface area contributed by atoms with Gasteiger partial charge >= 0.3 is 0 Å². The number of benzene rings is 1. The zero-order valence-electron chi connectivity index (χ0n) is 12.5. The maximum Gasteiger partial charge on any atom is 0.251 e. The molecule has 0 fully saturated rings. The largest absolute Gasteiger partial charge is 0.395 e. The second-order valence-electron chi connectivity index (χ2n) is 4.78. The molecule has 0 aliphatic carbocycles. The molecule has 0 saturated heterocycles. The molecule has 0 heterocycles. The van der Waals surface area contributed by atoms with Crippen LogP contribution in [-0.4, -0.2) is 50.5 Å². The van der Waals surface area contributed by atoms with E-state index in [0.717, 1.165) is 18.5 Å². The molecule has 6 nitrogen and oxygen atoms in total. The molecule has 5 N–H and O–H groups in total. The molecule has 0 bridgehead atoms. The molecule has 0 aliphatic heterocycles. The summed E-state index contributed by atoms with van der Waals surface area (Å²) in [6, 6.07) is 7.43. The third-order valence-electron chi connectivity index (χ3n) is 3.04. The molecule has 1 aromatic carbocycles. The van der Waals surface area contributed by atoms with Crippen LogP contribution in [0.1, 0.15) is 23.2 Å². The number of aliphatic hydroxyl groups is 1. The molecule has 1 rings (SSSR count). The van der Waals surface area contributed by atoms with E-state index in [9.17, 15) is 4.79 Å². The van der Waals surface area contributed by atoms with Crippen molar-refractivity contribution < 1.29 is 14.6 Å². The van der Waals surface area contributed by atoms with E-state index in [1.807, 2.05) is 12.1 Å². The topological polar surface area (TPSA) is 96.6 Å². The van der Waals surface area contributed by atoms with Crippen molar-refractivity contribution in [1.82, 2.24) is 5.32 Å². The first-order valence-electron chi connectivity index (χ1n) is 7.16. The van der Waals surface area contributed by atoms with Gasteiger partial charge in [-0.15, -0.1) is 0 Å². The first kappa shape index (κ1) is 17.4. The van der Waals surface area contributed by atoms with Gasteiger partial charge in [0.2, 0.25) is 0 Å². The van der Waals surface area contributed by atoms with E-state index in [2.05, 4.69) is 10.6 Å². The van der Waals surface area contributed by atoms with Gasteiger partial charge in [0.25, 0.3) is 5.91 Å². The lowest BCUT2D eigenvalue weighted by molar-refractivity contribution is 0.0945. The first-order chi connectivity index (χ1) is 10.2. The number of amides is 1. The standard InChI is InChI=1S/C15H25N3O3/c1-21-11-14(3-2-8-16)18-13-6-4-12(5-7-13)15(20)17-9-10-19/h4-7,14,18-19H,2-3,8-11,16H2,1H3,(H,17,20). The molecule has 0 radical (unpaired) electrons. The summed E-state index contributed by atoms with van der Waals surface area (Å²) in [5.74, 6) is -0.188. The monoisotopic (exact) mass is 295 g/mol. The Morgan fingerprint density at radius 1 is 1.38 bits per heavy atom. The number of nitrogens with one attached hydrogen (secondary N) is 2. The van der Waals surface area contributed by atoms with Crippen LogP contribution in [0.5, 0.6) is 0 Å². The minimum absolute atomic E-state index is 0.0643. The quantitative estimate of drug-likeness (QED) is 0.506. The predicted octanol–water partition coefficient (Wildman–Crippen LogP) is 0.575. The van der Waals surface area contributed by atoms with E-state index in [-0.39, 0.29) is 25.1 Å². The van der Waals surface area contributed by atoms with Gasteiger partial charge in [0.15, 0.2) is 0 Å². The number of carbonyl (C=O) groups excluding carboxylic acids is 1. The Labute approximate surface area is 125 Å². The van der Waals surface area contributed by atoms with Gasteiger partial charge in [0.1, 0.15) is 0 Å². The van der Waals surface area contributed by atoms with Crippen molar-refractivity contribution in [3.05, 3.63) is 29.8 Å². The Bertz CT molecular complexity index is 409. The van der Waals surface area contributed by atoms with Crippen molar-refractivity contribution in [2.24, 2.45) is 5.73 Å². The van der Waals surface area contributed by atoms with Crippen LogP contribution in [-0.2, 0) is 4.74 Å². The Morgan fingerprint density at radius 3 is 2.67 bits per heavy atom. The zero-order valence-corrected chi connectivity index (χ0v) is 12.5. The number of hydrogen-bond donors (Lipinski definition) is 4. The lowest BCUT2D eigenvalue weighted by Crippen LogP contribution is -2.27. The van der Waals surface area contributed by atoms with Gasteiger partial charge in [0.05, 0.1) is 13.2 Å². The number of hydrogen-bond acceptors (Lipinski definition) is 5. The highest BCUT2D eigenvalue weighted by Gasteiger charge is 2.09. The van der Waals surface area contributed by atoms with Crippen LogP contribution >= 0.6 is 0 Å². The van der Waals surface area contributed by atoms with E-state index in [0.29, 0.717) is 18.7 Å². The molecule has 0 spiro atoms. The number of rotatable bonds is 10. The van der Waals surface area contributed by atoms with Gasteiger partial charge in [-0.05, 0) is 43.7 Å². The summed E-state index contributed by atoms with van der Waals surface area (Å²) in [6.07, 6.45) is 1.87. The smallest absolute Gasteiger partial charge is 0.251 e. The Morgan fingerprint density at radius 2 is 2.10 bits per heavy atom. The summed E-state index contributed by atoms with van der Waals surface area (Å²) in [5, 5.41) is 14.7. The number of carbonyl (C=O) groups is 1. The van der Waals surface area contributed by atoms with Crippen molar-refractivity contribution >= 4 is 11.6 Å². The average Bonchev–Trinajstić information content (AvgIpc) is 2.51. The van der Waals surface area contributed by atoms with Crippen LogP contribution < -0.4 is 16.4 Å². The number of methoxy groups -OCH3 is 1. The Hall–Kier alpha value is -1.63. The van der Waals surface area contributed by atoms with Crippen molar-refractivity contribution in [3.8, 4) is 0 Å². The summed E-state index contributed by atoms with van der Waals surface area (Å²) in [4.78, 5) is 11.7. The molecule has 1 amide bonds. The van der Waals surface area contributed by atoms with E-state index in [4.69, 9.17) is 15.6 Å². The van der Waals surface area contributed by atoms with Crippen LogP contribution in [0.25, 0.3) is 0 Å². The fourth-order valence-corrected chi connectivity index (χ4v) is 1.99.